The molecule has 16 heavy (non-hydrogen) atoms. The molecule has 0 saturated heterocycles. The maximum absolute atomic E-state index is 11.6. The molecule has 1 unspecified atom stereocenters. The van der Waals surface area contributed by atoms with Crippen LogP contribution in [0.5, 0.6) is 0 Å². The van der Waals surface area contributed by atoms with Crippen LogP contribution in [0, 0.1) is 0 Å². The van der Waals surface area contributed by atoms with E-state index in [4.69, 9.17) is 0 Å². The molecule has 0 fully saturated rings. The van der Waals surface area contributed by atoms with E-state index in [0.29, 0.717) is 0 Å². The zero-order valence-electron chi connectivity index (χ0n) is 10.0. The number of ketones is 1. The fourth-order valence-electron chi connectivity index (χ4n) is 1.69. The lowest BCUT2D eigenvalue weighted by atomic mass is 9.92. The van der Waals surface area contributed by atoms with Crippen LogP contribution in [-0.4, -0.2) is 31.3 Å². The van der Waals surface area contributed by atoms with Gasteiger partial charge in [-0.2, -0.15) is 0 Å². The molecule has 1 atom stereocenters. The molecule has 1 rings (SSSR count). The predicted octanol–water partition coefficient (Wildman–Crippen LogP) is 3.07. The number of carbonyl (C=O) groups excluding carboxylic acids is 1. The van der Waals surface area contributed by atoms with Gasteiger partial charge in [0.2, 0.25) is 0 Å². The topological polar surface area (TPSA) is 20.3 Å². The van der Waals surface area contributed by atoms with Gasteiger partial charge in [0.1, 0.15) is 5.78 Å². The first kappa shape index (κ1) is 13.4. The highest BCUT2D eigenvalue weighted by Gasteiger charge is 2.16. The molecule has 0 bridgehead atoms. The molecule has 3 heteroatoms. The Kier molecular flexibility index (Phi) is 5.16. The summed E-state index contributed by atoms with van der Waals surface area (Å²) in [5.41, 5.74) is 1.11. The third-order valence-electron chi connectivity index (χ3n) is 2.63. The molecule has 2 nitrogen and oxygen atoms in total. The van der Waals surface area contributed by atoms with E-state index >= 15 is 0 Å². The van der Waals surface area contributed by atoms with Gasteiger partial charge in [-0.3, -0.25) is 4.79 Å². The lowest BCUT2D eigenvalue weighted by Gasteiger charge is -2.17. The van der Waals surface area contributed by atoms with Crippen LogP contribution >= 0.6 is 15.9 Å². The molecule has 0 radical (unpaired) electrons. The van der Waals surface area contributed by atoms with Gasteiger partial charge in [-0.1, -0.05) is 28.1 Å². The second-order valence-corrected chi connectivity index (χ2v) is 5.22. The van der Waals surface area contributed by atoms with E-state index in [1.165, 1.54) is 0 Å². The number of hydrogen-bond acceptors (Lipinski definition) is 2. The third-order valence-corrected chi connectivity index (χ3v) is 3.16. The minimum Gasteiger partial charge on any atom is -0.309 e. The predicted molar refractivity (Wildman–Crippen MR) is 70.7 cm³/mol. The largest absolute Gasteiger partial charge is 0.309 e. The summed E-state index contributed by atoms with van der Waals surface area (Å²) >= 11 is 3.40. The first-order valence-corrected chi connectivity index (χ1v) is 6.20. The van der Waals surface area contributed by atoms with E-state index in [9.17, 15) is 4.79 Å². The third kappa shape index (κ3) is 4.06. The van der Waals surface area contributed by atoms with E-state index in [2.05, 4.69) is 20.8 Å². The van der Waals surface area contributed by atoms with Gasteiger partial charge >= 0.3 is 0 Å². The van der Waals surface area contributed by atoms with Crippen LogP contribution in [-0.2, 0) is 4.79 Å². The molecule has 0 N–H and O–H groups in total. The van der Waals surface area contributed by atoms with Gasteiger partial charge in [-0.25, -0.2) is 0 Å². The Balaban J connectivity index is 2.77. The molecule has 0 amide bonds. The molecule has 0 aliphatic carbocycles. The van der Waals surface area contributed by atoms with Crippen LogP contribution in [0.25, 0.3) is 0 Å². The van der Waals surface area contributed by atoms with Crippen molar-refractivity contribution in [3.05, 3.63) is 34.3 Å². The fourth-order valence-corrected chi connectivity index (χ4v) is 1.95. The normalized spacial score (nSPS) is 12.8. The van der Waals surface area contributed by atoms with Crippen LogP contribution in [0.2, 0.25) is 0 Å². The number of Topliss-reactive ketones (excluding diaryl/α,β-unsaturated/α-hetero) is 1. The Morgan fingerprint density at radius 2 is 1.88 bits per heavy atom. The Morgan fingerprint density at radius 1 is 1.31 bits per heavy atom. The average Bonchev–Trinajstić information content (AvgIpc) is 2.20. The van der Waals surface area contributed by atoms with Gasteiger partial charge in [0.25, 0.3) is 0 Å². The van der Waals surface area contributed by atoms with Gasteiger partial charge in [-0.05, 0) is 51.7 Å². The maximum atomic E-state index is 11.6. The van der Waals surface area contributed by atoms with Crippen molar-refractivity contribution in [3.63, 3.8) is 0 Å². The molecule has 88 valence electrons. The summed E-state index contributed by atoms with van der Waals surface area (Å²) in [7, 11) is 4.05. The number of benzene rings is 1. The van der Waals surface area contributed by atoms with E-state index < -0.39 is 0 Å². The van der Waals surface area contributed by atoms with Crippen molar-refractivity contribution in [1.29, 1.82) is 0 Å². The van der Waals surface area contributed by atoms with E-state index in [-0.39, 0.29) is 11.7 Å². The summed E-state index contributed by atoms with van der Waals surface area (Å²) in [5, 5.41) is 0. The highest BCUT2D eigenvalue weighted by atomic mass is 79.9. The number of rotatable bonds is 5. The number of nitrogens with zero attached hydrogens (tertiary/aromatic N) is 1. The number of hydrogen-bond donors (Lipinski definition) is 0. The maximum Gasteiger partial charge on any atom is 0.137 e. The van der Waals surface area contributed by atoms with Crippen molar-refractivity contribution < 1.29 is 4.79 Å². The summed E-state index contributed by atoms with van der Waals surface area (Å²) in [6, 6.07) is 8.01. The van der Waals surface area contributed by atoms with Gasteiger partial charge in [0.05, 0.1) is 0 Å². The van der Waals surface area contributed by atoms with Crippen LogP contribution in [0.1, 0.15) is 24.8 Å². The second kappa shape index (κ2) is 6.16. The standard InChI is InChI=1S/C13H18BrNO/c1-10(16)13(8-9-15(2)3)11-4-6-12(14)7-5-11/h4-7,13H,8-9H2,1-3H3. The summed E-state index contributed by atoms with van der Waals surface area (Å²) in [4.78, 5) is 13.7. The zero-order chi connectivity index (χ0) is 12.1. The minimum absolute atomic E-state index is 0.0236. The molecular weight excluding hydrogens is 266 g/mol. The zero-order valence-corrected chi connectivity index (χ0v) is 11.6. The van der Waals surface area contributed by atoms with Gasteiger partial charge in [-0.15, -0.1) is 0 Å². The summed E-state index contributed by atoms with van der Waals surface area (Å²) in [6.45, 7) is 2.60. The number of halogens is 1. The molecule has 0 aromatic heterocycles. The summed E-state index contributed by atoms with van der Waals surface area (Å²) in [6.07, 6.45) is 0.879. The molecule has 0 aliphatic rings. The second-order valence-electron chi connectivity index (χ2n) is 4.31. The molecule has 0 saturated carbocycles. The van der Waals surface area contributed by atoms with Crippen molar-refractivity contribution >= 4 is 21.7 Å². The Labute approximate surface area is 106 Å². The Morgan fingerprint density at radius 3 is 2.31 bits per heavy atom. The van der Waals surface area contributed by atoms with Gasteiger partial charge in [0, 0.05) is 10.4 Å². The smallest absolute Gasteiger partial charge is 0.137 e. The van der Waals surface area contributed by atoms with Crippen molar-refractivity contribution in [2.45, 2.75) is 19.3 Å². The van der Waals surface area contributed by atoms with Crippen molar-refractivity contribution in [2.24, 2.45) is 0 Å². The van der Waals surface area contributed by atoms with Crippen molar-refractivity contribution in [2.75, 3.05) is 20.6 Å². The fraction of sp³-hybridized carbons (Fsp3) is 0.462. The van der Waals surface area contributed by atoms with E-state index in [0.717, 1.165) is 23.0 Å². The Bertz CT molecular complexity index is 345. The van der Waals surface area contributed by atoms with Crippen LogP contribution < -0.4 is 0 Å². The molecule has 0 aliphatic heterocycles. The first-order valence-electron chi connectivity index (χ1n) is 5.41. The lowest BCUT2D eigenvalue weighted by molar-refractivity contribution is -0.118. The SMILES string of the molecule is CC(=O)C(CCN(C)C)c1ccc(Br)cc1. The van der Waals surface area contributed by atoms with Crippen LogP contribution in [0.4, 0.5) is 0 Å². The first-order chi connectivity index (χ1) is 7.50. The molecular formula is C13H18BrNO. The highest BCUT2D eigenvalue weighted by Crippen LogP contribution is 2.22. The monoisotopic (exact) mass is 283 g/mol. The van der Waals surface area contributed by atoms with Gasteiger partial charge < -0.3 is 4.90 Å². The minimum atomic E-state index is 0.0236. The molecule has 0 heterocycles. The molecule has 1 aromatic rings. The van der Waals surface area contributed by atoms with Crippen LogP contribution in [0.15, 0.2) is 28.7 Å². The van der Waals surface area contributed by atoms with Gasteiger partial charge in [0.15, 0.2) is 0 Å². The van der Waals surface area contributed by atoms with E-state index in [1.54, 1.807) is 6.92 Å². The molecule has 1 aromatic carbocycles. The van der Waals surface area contributed by atoms with Crippen molar-refractivity contribution in [3.8, 4) is 0 Å². The Hall–Kier alpha value is -0.670. The summed E-state index contributed by atoms with van der Waals surface area (Å²) < 4.78 is 1.05. The number of carbonyl (C=O) groups is 1. The summed E-state index contributed by atoms with van der Waals surface area (Å²) in [5.74, 6) is 0.264. The average molecular weight is 284 g/mol. The lowest BCUT2D eigenvalue weighted by Crippen LogP contribution is -2.19. The van der Waals surface area contributed by atoms with E-state index in [1.807, 2.05) is 38.4 Å². The molecule has 0 spiro atoms. The highest BCUT2D eigenvalue weighted by molar-refractivity contribution is 9.10. The van der Waals surface area contributed by atoms with Crippen LogP contribution in [0.3, 0.4) is 0 Å². The quantitative estimate of drug-likeness (QED) is 0.828. The van der Waals surface area contributed by atoms with Crippen molar-refractivity contribution in [1.82, 2.24) is 4.90 Å².